The highest BCUT2D eigenvalue weighted by Crippen LogP contribution is 2.23. The van der Waals surface area contributed by atoms with Gasteiger partial charge in [-0.3, -0.25) is 4.79 Å². The molecule has 1 N–H and O–H groups in total. The molecule has 0 saturated heterocycles. The van der Waals surface area contributed by atoms with Gasteiger partial charge in [-0.05, 0) is 53.2 Å². The zero-order valence-electron chi connectivity index (χ0n) is 10.0. The van der Waals surface area contributed by atoms with Gasteiger partial charge in [0, 0.05) is 8.95 Å². The summed E-state index contributed by atoms with van der Waals surface area (Å²) in [5.74, 6) is -0.826. The van der Waals surface area contributed by atoms with Gasteiger partial charge in [0.25, 0.3) is 5.91 Å². The molecule has 98 valence electrons. The minimum absolute atomic E-state index is 0.146. The van der Waals surface area contributed by atoms with Gasteiger partial charge in [-0.15, -0.1) is 0 Å². The Bertz CT molecular complexity index is 643. The molecule has 0 spiro atoms. The van der Waals surface area contributed by atoms with E-state index in [0.29, 0.717) is 14.5 Å². The van der Waals surface area contributed by atoms with Crippen molar-refractivity contribution in [3.05, 3.63) is 62.3 Å². The summed E-state index contributed by atoms with van der Waals surface area (Å²) in [4.78, 5) is 12.1. The van der Waals surface area contributed by atoms with Crippen LogP contribution in [-0.2, 0) is 0 Å². The van der Waals surface area contributed by atoms with Gasteiger partial charge in [0.05, 0.1) is 11.3 Å². The predicted molar refractivity (Wildman–Crippen MR) is 80.9 cm³/mol. The highest BCUT2D eigenvalue weighted by Gasteiger charge is 2.12. The Kier molecular flexibility index (Phi) is 4.37. The average Bonchev–Trinajstić information content (AvgIpc) is 2.36. The van der Waals surface area contributed by atoms with E-state index in [1.165, 1.54) is 12.1 Å². The minimum Gasteiger partial charge on any atom is -0.319 e. The zero-order valence-corrected chi connectivity index (χ0v) is 13.2. The monoisotopic (exact) mass is 385 g/mol. The molecule has 0 fully saturated rings. The highest BCUT2D eigenvalue weighted by molar-refractivity contribution is 9.10. The molecule has 0 unspecified atom stereocenters. The smallest absolute Gasteiger partial charge is 0.256 e. The summed E-state index contributed by atoms with van der Waals surface area (Å²) >= 11 is 6.55. The Labute approximate surface area is 127 Å². The quantitative estimate of drug-likeness (QED) is 0.780. The van der Waals surface area contributed by atoms with Crippen molar-refractivity contribution in [2.24, 2.45) is 0 Å². The molecule has 2 nitrogen and oxygen atoms in total. The fraction of sp³-hybridized carbons (Fsp3) is 0.0714. The molecule has 1 amide bonds. The van der Waals surface area contributed by atoms with Crippen molar-refractivity contribution in [1.29, 1.82) is 0 Å². The first kappa shape index (κ1) is 14.2. The molecule has 2 aromatic rings. The van der Waals surface area contributed by atoms with E-state index in [1.54, 1.807) is 18.2 Å². The summed E-state index contributed by atoms with van der Waals surface area (Å²) in [6, 6.07) is 9.83. The van der Waals surface area contributed by atoms with E-state index < -0.39 is 5.82 Å². The average molecular weight is 387 g/mol. The number of carbonyl (C=O) groups excluding carboxylic acids is 1. The summed E-state index contributed by atoms with van der Waals surface area (Å²) < 4.78 is 15.0. The van der Waals surface area contributed by atoms with Gasteiger partial charge in [-0.1, -0.05) is 27.6 Å². The summed E-state index contributed by atoms with van der Waals surface area (Å²) in [5, 5.41) is 2.56. The topological polar surface area (TPSA) is 29.1 Å². The normalized spacial score (nSPS) is 10.3. The molecule has 0 aromatic heterocycles. The van der Waals surface area contributed by atoms with Crippen LogP contribution in [-0.4, -0.2) is 5.91 Å². The molecule has 0 bridgehead atoms. The van der Waals surface area contributed by atoms with Crippen LogP contribution in [0.25, 0.3) is 0 Å². The van der Waals surface area contributed by atoms with Gasteiger partial charge >= 0.3 is 0 Å². The molecule has 0 aliphatic rings. The Morgan fingerprint density at radius 2 is 1.89 bits per heavy atom. The SMILES string of the molecule is Cc1ccc(Br)c(C(=O)Nc2cc(Br)ccc2F)c1. The standard InChI is InChI=1S/C14H10Br2FNO/c1-8-2-4-11(16)10(6-8)14(19)18-13-7-9(15)3-5-12(13)17/h2-7H,1H3,(H,18,19). The zero-order chi connectivity index (χ0) is 14.0. The fourth-order valence-electron chi connectivity index (χ4n) is 1.60. The van der Waals surface area contributed by atoms with E-state index in [1.807, 2.05) is 13.0 Å². The molecule has 0 saturated carbocycles. The number of hydrogen-bond acceptors (Lipinski definition) is 1. The van der Waals surface area contributed by atoms with Crippen LogP contribution in [0.2, 0.25) is 0 Å². The van der Waals surface area contributed by atoms with Crippen LogP contribution in [0.4, 0.5) is 10.1 Å². The van der Waals surface area contributed by atoms with Crippen LogP contribution in [0.1, 0.15) is 15.9 Å². The molecular weight excluding hydrogens is 377 g/mol. The second-order valence-corrected chi connectivity index (χ2v) is 5.83. The van der Waals surface area contributed by atoms with E-state index in [0.717, 1.165) is 5.56 Å². The lowest BCUT2D eigenvalue weighted by molar-refractivity contribution is 0.102. The molecule has 5 heteroatoms. The van der Waals surface area contributed by atoms with Crippen molar-refractivity contribution in [2.45, 2.75) is 6.92 Å². The van der Waals surface area contributed by atoms with Gasteiger partial charge in [0.1, 0.15) is 5.82 Å². The van der Waals surface area contributed by atoms with Gasteiger partial charge in [-0.2, -0.15) is 0 Å². The number of carbonyl (C=O) groups is 1. The number of benzene rings is 2. The third-order valence-electron chi connectivity index (χ3n) is 2.54. The first-order valence-corrected chi connectivity index (χ1v) is 7.08. The molecule has 2 aromatic carbocycles. The van der Waals surface area contributed by atoms with Crippen LogP contribution < -0.4 is 5.32 Å². The van der Waals surface area contributed by atoms with Crippen molar-refractivity contribution in [3.8, 4) is 0 Å². The largest absolute Gasteiger partial charge is 0.319 e. The van der Waals surface area contributed by atoms with E-state index in [2.05, 4.69) is 37.2 Å². The Balaban J connectivity index is 2.30. The maximum absolute atomic E-state index is 13.6. The van der Waals surface area contributed by atoms with Gasteiger partial charge in [0.15, 0.2) is 0 Å². The lowest BCUT2D eigenvalue weighted by atomic mass is 10.1. The number of aryl methyl sites for hydroxylation is 1. The summed E-state index contributed by atoms with van der Waals surface area (Å²) in [6.45, 7) is 1.89. The molecule has 0 aliphatic heterocycles. The van der Waals surface area contributed by atoms with E-state index >= 15 is 0 Å². The van der Waals surface area contributed by atoms with E-state index in [4.69, 9.17) is 0 Å². The van der Waals surface area contributed by atoms with Crippen LogP contribution in [0.5, 0.6) is 0 Å². The molecule has 19 heavy (non-hydrogen) atoms. The highest BCUT2D eigenvalue weighted by atomic mass is 79.9. The molecule has 0 radical (unpaired) electrons. The van der Waals surface area contributed by atoms with Crippen LogP contribution in [0.15, 0.2) is 45.3 Å². The maximum atomic E-state index is 13.6. The van der Waals surface area contributed by atoms with Gasteiger partial charge < -0.3 is 5.32 Å². The predicted octanol–water partition coefficient (Wildman–Crippen LogP) is 4.91. The van der Waals surface area contributed by atoms with Crippen LogP contribution >= 0.6 is 31.9 Å². The third-order valence-corrected chi connectivity index (χ3v) is 3.73. The first-order valence-electron chi connectivity index (χ1n) is 5.50. The second-order valence-electron chi connectivity index (χ2n) is 4.06. The van der Waals surface area contributed by atoms with Crippen molar-refractivity contribution in [3.63, 3.8) is 0 Å². The summed E-state index contributed by atoms with van der Waals surface area (Å²) in [6.07, 6.45) is 0. The summed E-state index contributed by atoms with van der Waals surface area (Å²) in [7, 11) is 0. The number of nitrogens with one attached hydrogen (secondary N) is 1. The van der Waals surface area contributed by atoms with Crippen molar-refractivity contribution in [1.82, 2.24) is 0 Å². The van der Waals surface area contributed by atoms with Crippen LogP contribution in [0.3, 0.4) is 0 Å². The summed E-state index contributed by atoms with van der Waals surface area (Å²) in [5.41, 5.74) is 1.58. The van der Waals surface area contributed by atoms with Crippen molar-refractivity contribution in [2.75, 3.05) is 5.32 Å². The van der Waals surface area contributed by atoms with E-state index in [-0.39, 0.29) is 11.6 Å². The van der Waals surface area contributed by atoms with E-state index in [9.17, 15) is 9.18 Å². The minimum atomic E-state index is -0.472. The molecule has 2 rings (SSSR count). The molecule has 0 atom stereocenters. The number of anilines is 1. The van der Waals surface area contributed by atoms with Crippen molar-refractivity contribution >= 4 is 43.5 Å². The number of rotatable bonds is 2. The fourth-order valence-corrected chi connectivity index (χ4v) is 2.38. The van der Waals surface area contributed by atoms with Gasteiger partial charge in [0.2, 0.25) is 0 Å². The Morgan fingerprint density at radius 3 is 2.63 bits per heavy atom. The maximum Gasteiger partial charge on any atom is 0.256 e. The number of amides is 1. The second kappa shape index (κ2) is 5.84. The first-order chi connectivity index (χ1) is 8.97. The number of hydrogen-bond donors (Lipinski definition) is 1. The third kappa shape index (κ3) is 3.42. The molecule has 0 heterocycles. The Morgan fingerprint density at radius 1 is 1.16 bits per heavy atom. The number of halogens is 3. The Hall–Kier alpha value is -1.20. The molecule has 0 aliphatic carbocycles. The lowest BCUT2D eigenvalue weighted by Gasteiger charge is -2.09. The van der Waals surface area contributed by atoms with Crippen molar-refractivity contribution < 1.29 is 9.18 Å². The molecular formula is C14H10Br2FNO. The van der Waals surface area contributed by atoms with Gasteiger partial charge in [-0.25, -0.2) is 4.39 Å². The van der Waals surface area contributed by atoms with Crippen LogP contribution in [0, 0.1) is 12.7 Å². The lowest BCUT2D eigenvalue weighted by Crippen LogP contribution is -2.13.